The lowest BCUT2D eigenvalue weighted by Gasteiger charge is -2.26. The van der Waals surface area contributed by atoms with Crippen LogP contribution in [0, 0.1) is 28.1 Å². The number of carboxylic acid groups (broad SMARTS) is 1. The number of carboxylic acids is 1. The summed E-state index contributed by atoms with van der Waals surface area (Å²) in [5.74, 6) is -1.38. The van der Waals surface area contributed by atoms with Crippen molar-refractivity contribution in [3.05, 3.63) is 0 Å². The molecule has 6 nitrogen and oxygen atoms in total. The summed E-state index contributed by atoms with van der Waals surface area (Å²) in [6, 6.07) is 3.61. The van der Waals surface area contributed by atoms with Crippen LogP contribution in [0.3, 0.4) is 0 Å². The first kappa shape index (κ1) is 14.0. The number of amides is 1. The molecule has 0 saturated heterocycles. The molecule has 0 spiro atoms. The van der Waals surface area contributed by atoms with Gasteiger partial charge < -0.3 is 10.0 Å². The summed E-state index contributed by atoms with van der Waals surface area (Å²) in [4.78, 5) is 24.3. The Morgan fingerprint density at radius 3 is 2.06 bits per heavy atom. The highest BCUT2D eigenvalue weighted by atomic mass is 16.4. The summed E-state index contributed by atoms with van der Waals surface area (Å²) in [5.41, 5.74) is -1.000. The van der Waals surface area contributed by atoms with E-state index >= 15 is 0 Å². The quantitative estimate of drug-likeness (QED) is 0.728. The van der Waals surface area contributed by atoms with E-state index in [4.69, 9.17) is 10.5 Å². The molecule has 1 amide bonds. The van der Waals surface area contributed by atoms with Gasteiger partial charge in [-0.15, -0.1) is 0 Å². The van der Waals surface area contributed by atoms with Gasteiger partial charge in [0.05, 0.1) is 17.6 Å². The Balaban J connectivity index is 2.75. The van der Waals surface area contributed by atoms with Gasteiger partial charge in [-0.1, -0.05) is 12.8 Å². The fourth-order valence-electron chi connectivity index (χ4n) is 2.32. The van der Waals surface area contributed by atoms with E-state index in [1.165, 1.54) is 0 Å². The molecule has 0 aromatic rings. The number of hydrogen-bond donors (Lipinski definition) is 1. The number of rotatable bonds is 5. The van der Waals surface area contributed by atoms with Gasteiger partial charge in [0.15, 0.2) is 0 Å². The molecule has 0 atom stereocenters. The lowest BCUT2D eigenvalue weighted by Crippen LogP contribution is -2.39. The predicted molar refractivity (Wildman–Crippen MR) is 61.0 cm³/mol. The zero-order chi connectivity index (χ0) is 13.6. The largest absolute Gasteiger partial charge is 0.481 e. The average Bonchev–Trinajstić information content (AvgIpc) is 2.78. The lowest BCUT2D eigenvalue weighted by molar-refractivity contribution is -0.153. The fraction of sp³-hybridized carbons (Fsp3) is 0.667. The van der Waals surface area contributed by atoms with Crippen LogP contribution in [0.4, 0.5) is 0 Å². The summed E-state index contributed by atoms with van der Waals surface area (Å²) in [5, 5.41) is 26.4. The number of aliphatic carboxylic acids is 1. The van der Waals surface area contributed by atoms with Gasteiger partial charge in [-0.2, -0.15) is 10.5 Å². The number of nitriles is 2. The average molecular weight is 249 g/mol. The molecule has 1 rings (SSSR count). The normalized spacial score (nSPS) is 16.6. The molecule has 0 radical (unpaired) electrons. The number of nitrogens with zero attached hydrogens (tertiary/aromatic N) is 3. The predicted octanol–water partition coefficient (Wildman–Crippen LogP) is 0.897. The first-order valence-electron chi connectivity index (χ1n) is 5.81. The van der Waals surface area contributed by atoms with Crippen molar-refractivity contribution in [2.45, 2.75) is 32.1 Å². The van der Waals surface area contributed by atoms with Crippen LogP contribution < -0.4 is 0 Å². The van der Waals surface area contributed by atoms with Gasteiger partial charge in [0.1, 0.15) is 13.1 Å². The maximum atomic E-state index is 11.9. The van der Waals surface area contributed by atoms with Crippen molar-refractivity contribution in [2.24, 2.45) is 5.41 Å². The van der Waals surface area contributed by atoms with E-state index < -0.39 is 17.3 Å². The number of carbonyl (C=O) groups excluding carboxylic acids is 1. The maximum absolute atomic E-state index is 11.9. The van der Waals surface area contributed by atoms with Gasteiger partial charge in [-0.25, -0.2) is 0 Å². The van der Waals surface area contributed by atoms with E-state index in [1.807, 2.05) is 0 Å². The zero-order valence-corrected chi connectivity index (χ0v) is 10.1. The fourth-order valence-corrected chi connectivity index (χ4v) is 2.32. The minimum atomic E-state index is -1.000. The van der Waals surface area contributed by atoms with E-state index in [0.29, 0.717) is 12.8 Å². The second-order valence-electron chi connectivity index (χ2n) is 4.54. The van der Waals surface area contributed by atoms with Gasteiger partial charge >= 0.3 is 5.97 Å². The lowest BCUT2D eigenvalue weighted by atomic mass is 9.82. The van der Waals surface area contributed by atoms with Crippen LogP contribution in [0.2, 0.25) is 0 Å². The van der Waals surface area contributed by atoms with Gasteiger partial charge in [-0.3, -0.25) is 9.59 Å². The third-order valence-electron chi connectivity index (χ3n) is 3.38. The van der Waals surface area contributed by atoms with Gasteiger partial charge in [0.2, 0.25) is 5.91 Å². The molecule has 0 unspecified atom stereocenters. The van der Waals surface area contributed by atoms with Crippen molar-refractivity contribution in [3.63, 3.8) is 0 Å². The summed E-state index contributed by atoms with van der Waals surface area (Å²) >= 11 is 0. The van der Waals surface area contributed by atoms with E-state index in [2.05, 4.69) is 0 Å². The van der Waals surface area contributed by atoms with Crippen molar-refractivity contribution >= 4 is 11.9 Å². The Morgan fingerprint density at radius 1 is 1.17 bits per heavy atom. The van der Waals surface area contributed by atoms with Crippen molar-refractivity contribution in [1.29, 1.82) is 10.5 Å². The zero-order valence-electron chi connectivity index (χ0n) is 10.1. The van der Waals surface area contributed by atoms with E-state index in [0.717, 1.165) is 17.7 Å². The molecule has 6 heteroatoms. The van der Waals surface area contributed by atoms with Crippen molar-refractivity contribution in [1.82, 2.24) is 4.90 Å². The Hall–Kier alpha value is -2.08. The van der Waals surface area contributed by atoms with Gasteiger partial charge in [0.25, 0.3) is 0 Å². The van der Waals surface area contributed by atoms with Gasteiger partial charge in [-0.05, 0) is 12.8 Å². The van der Waals surface area contributed by atoms with Crippen LogP contribution in [0.5, 0.6) is 0 Å². The molecule has 96 valence electrons. The number of hydrogen-bond acceptors (Lipinski definition) is 4. The molecule has 0 heterocycles. The molecule has 1 N–H and O–H groups in total. The SMILES string of the molecule is N#CCN(CC#N)C(=O)CC1(C(=O)O)CCCC1. The second kappa shape index (κ2) is 6.02. The minimum Gasteiger partial charge on any atom is -0.481 e. The standard InChI is InChI=1S/C12H15N3O3/c13-5-7-15(8-6-14)10(16)9-12(11(17)18)3-1-2-4-12/h1-4,7-9H2,(H,17,18). The van der Waals surface area contributed by atoms with Crippen LogP contribution >= 0.6 is 0 Å². The molecular weight excluding hydrogens is 234 g/mol. The molecule has 0 aromatic heterocycles. The highest BCUT2D eigenvalue weighted by molar-refractivity contribution is 5.85. The third-order valence-corrected chi connectivity index (χ3v) is 3.38. The smallest absolute Gasteiger partial charge is 0.310 e. The molecular formula is C12H15N3O3. The molecule has 1 saturated carbocycles. The van der Waals surface area contributed by atoms with E-state index in [-0.39, 0.29) is 19.5 Å². The molecule has 0 bridgehead atoms. The Morgan fingerprint density at radius 2 is 1.67 bits per heavy atom. The van der Waals surface area contributed by atoms with E-state index in [9.17, 15) is 14.7 Å². The number of carbonyl (C=O) groups is 2. The van der Waals surface area contributed by atoms with E-state index in [1.54, 1.807) is 12.1 Å². The maximum Gasteiger partial charge on any atom is 0.310 e. The van der Waals surface area contributed by atoms with Crippen molar-refractivity contribution in [2.75, 3.05) is 13.1 Å². The van der Waals surface area contributed by atoms with Crippen LogP contribution in [-0.2, 0) is 9.59 Å². The highest BCUT2D eigenvalue weighted by Crippen LogP contribution is 2.41. The summed E-state index contributed by atoms with van der Waals surface area (Å²) in [7, 11) is 0. The third kappa shape index (κ3) is 2.98. The van der Waals surface area contributed by atoms with Crippen molar-refractivity contribution < 1.29 is 14.7 Å². The first-order chi connectivity index (χ1) is 8.55. The Labute approximate surface area is 105 Å². The molecule has 18 heavy (non-hydrogen) atoms. The Bertz CT molecular complexity index is 397. The van der Waals surface area contributed by atoms with Crippen molar-refractivity contribution in [3.8, 4) is 12.1 Å². The molecule has 0 aromatic carbocycles. The van der Waals surface area contributed by atoms with Crippen LogP contribution in [0.25, 0.3) is 0 Å². The molecule has 1 aliphatic carbocycles. The second-order valence-corrected chi connectivity index (χ2v) is 4.54. The monoisotopic (exact) mass is 249 g/mol. The summed E-state index contributed by atoms with van der Waals surface area (Å²) < 4.78 is 0. The van der Waals surface area contributed by atoms with Crippen LogP contribution in [0.1, 0.15) is 32.1 Å². The van der Waals surface area contributed by atoms with Gasteiger partial charge in [0, 0.05) is 6.42 Å². The molecule has 0 aliphatic heterocycles. The first-order valence-corrected chi connectivity index (χ1v) is 5.81. The van der Waals surface area contributed by atoms with Crippen LogP contribution in [0.15, 0.2) is 0 Å². The van der Waals surface area contributed by atoms with Crippen LogP contribution in [-0.4, -0.2) is 35.0 Å². The molecule has 1 aliphatic rings. The topological polar surface area (TPSA) is 105 Å². The minimum absolute atomic E-state index is 0.119. The summed E-state index contributed by atoms with van der Waals surface area (Å²) in [6.45, 7) is -0.357. The highest BCUT2D eigenvalue weighted by Gasteiger charge is 2.43. The summed E-state index contributed by atoms with van der Waals surface area (Å²) in [6.07, 6.45) is 2.46. The molecule has 1 fully saturated rings. The Kier molecular flexibility index (Phi) is 4.67.